The zero-order chi connectivity index (χ0) is 25.8. The van der Waals surface area contributed by atoms with E-state index in [2.05, 4.69) is 11.8 Å². The van der Waals surface area contributed by atoms with Crippen LogP contribution in [0.15, 0.2) is 0 Å². The Morgan fingerprint density at radius 2 is 1.83 bits per heavy atom. The lowest BCUT2D eigenvalue weighted by Crippen LogP contribution is -2.82. The fourth-order valence-electron chi connectivity index (χ4n) is 10.9. The molecule has 0 radical (unpaired) electrons. The zero-order valence-electron chi connectivity index (χ0n) is 22.3. The van der Waals surface area contributed by atoms with Gasteiger partial charge in [0.25, 0.3) is 0 Å². The number of methoxy groups -OCH3 is 4. The summed E-state index contributed by atoms with van der Waals surface area (Å²) in [6.45, 7) is 5.51. The summed E-state index contributed by atoms with van der Waals surface area (Å²) in [7, 11) is 6.75. The second-order valence-corrected chi connectivity index (χ2v) is 12.2. The van der Waals surface area contributed by atoms with E-state index in [1.54, 1.807) is 28.4 Å². The Hall–Kier alpha value is -1.10. The number of likely N-dealkylation sites (tertiary alicyclic amines) is 1. The van der Waals surface area contributed by atoms with E-state index in [0.717, 1.165) is 13.0 Å². The van der Waals surface area contributed by atoms with Gasteiger partial charge in [-0.3, -0.25) is 14.5 Å². The number of rotatable bonds is 7. The number of hydrogen-bond acceptors (Lipinski definition) is 9. The first-order valence-corrected chi connectivity index (χ1v) is 13.5. The second kappa shape index (κ2) is 8.20. The molecule has 13 atom stereocenters. The number of carbonyl (C=O) groups excluding carboxylic acids is 2. The van der Waals surface area contributed by atoms with Crippen LogP contribution in [0.25, 0.3) is 0 Å². The van der Waals surface area contributed by atoms with Gasteiger partial charge < -0.3 is 28.8 Å². The highest BCUT2D eigenvalue weighted by Gasteiger charge is 2.88. The predicted octanol–water partition coefficient (Wildman–Crippen LogP) is 0.906. The normalized spacial score (nSPS) is 54.6. The first-order valence-electron chi connectivity index (χ1n) is 13.5. The summed E-state index contributed by atoms with van der Waals surface area (Å²) >= 11 is 0. The first-order chi connectivity index (χ1) is 17.2. The van der Waals surface area contributed by atoms with Gasteiger partial charge >= 0.3 is 5.97 Å². The number of esters is 1. The Bertz CT molecular complexity index is 945. The molecule has 1 heterocycles. The van der Waals surface area contributed by atoms with Crippen LogP contribution < -0.4 is 0 Å². The topological polar surface area (TPSA) is 104 Å². The molecule has 0 aromatic rings. The lowest BCUT2D eigenvalue weighted by Gasteiger charge is -2.75. The van der Waals surface area contributed by atoms with Crippen molar-refractivity contribution in [2.75, 3.05) is 48.1 Å². The van der Waals surface area contributed by atoms with Crippen LogP contribution in [0.3, 0.4) is 0 Å². The molecule has 0 amide bonds. The Morgan fingerprint density at radius 1 is 1.08 bits per heavy atom. The third kappa shape index (κ3) is 2.63. The Morgan fingerprint density at radius 3 is 2.42 bits per heavy atom. The average molecular weight is 508 g/mol. The van der Waals surface area contributed by atoms with Crippen LogP contribution in [0.1, 0.15) is 33.1 Å². The van der Waals surface area contributed by atoms with Crippen molar-refractivity contribution in [1.82, 2.24) is 4.90 Å². The molecule has 0 aromatic carbocycles. The number of ether oxygens (including phenoxy) is 5. The number of aliphatic hydroxyl groups is 1. The number of hydrogen-bond donors (Lipinski definition) is 1. The molecule has 6 aliphatic rings. The van der Waals surface area contributed by atoms with E-state index >= 15 is 0 Å². The molecule has 6 fully saturated rings. The molecule has 36 heavy (non-hydrogen) atoms. The van der Waals surface area contributed by atoms with E-state index in [1.807, 2.05) is 0 Å². The van der Waals surface area contributed by atoms with Gasteiger partial charge in [0, 0.05) is 95.3 Å². The van der Waals surface area contributed by atoms with Crippen LogP contribution in [-0.2, 0) is 33.3 Å². The highest BCUT2D eigenvalue weighted by Crippen LogP contribution is 2.80. The molecule has 5 bridgehead atoms. The molecule has 202 valence electrons. The Kier molecular flexibility index (Phi) is 5.74. The van der Waals surface area contributed by atoms with E-state index in [-0.39, 0.29) is 65.0 Å². The minimum absolute atomic E-state index is 0.0311. The van der Waals surface area contributed by atoms with Gasteiger partial charge in [0.1, 0.15) is 12.2 Å². The summed E-state index contributed by atoms with van der Waals surface area (Å²) in [5, 5.41) is 12.7. The summed E-state index contributed by atoms with van der Waals surface area (Å²) in [4.78, 5) is 28.1. The lowest BCUT2D eigenvalue weighted by atomic mass is 9.34. The number of fused-ring (bicyclic) bond motifs is 1. The van der Waals surface area contributed by atoms with Crippen LogP contribution in [0, 0.1) is 40.4 Å². The maximum Gasteiger partial charge on any atom is 0.302 e. The molecule has 9 nitrogen and oxygen atoms in total. The van der Waals surface area contributed by atoms with Crippen molar-refractivity contribution in [3.05, 3.63) is 0 Å². The first kappa shape index (κ1) is 25.2. The number of nitrogens with zero attached hydrogens (tertiary/aromatic N) is 1. The van der Waals surface area contributed by atoms with Crippen molar-refractivity contribution in [3.63, 3.8) is 0 Å². The number of Topliss-reactive ketones (excluding diaryl/α,β-unsaturated/α-hetero) is 1. The molecule has 1 unspecified atom stereocenters. The van der Waals surface area contributed by atoms with Crippen molar-refractivity contribution < 1.29 is 38.4 Å². The monoisotopic (exact) mass is 507 g/mol. The predicted molar refractivity (Wildman–Crippen MR) is 127 cm³/mol. The molecule has 6 rings (SSSR count). The summed E-state index contributed by atoms with van der Waals surface area (Å²) in [5.74, 6) is -0.688. The number of ketones is 1. The van der Waals surface area contributed by atoms with Gasteiger partial charge in [-0.15, -0.1) is 0 Å². The standard InChI is InChI=1S/C27H41NO8/c1-7-28-11-25(12-32-3)17(36-13(2)29)9-18(34-5)27-15-8-14-19(15)26(31,10-16(33-4)21(14)30)20(24(27)28)22(35-6)23(25)27/h14-20,22-24,31H,7-12H2,1-6H3/t14-,15+,16-,17?,18-,19-,20-,22-,23+,24+,25-,26+,27-/m0/s1. The van der Waals surface area contributed by atoms with Crippen LogP contribution >= 0.6 is 0 Å². The molecule has 1 saturated heterocycles. The molecule has 1 aliphatic heterocycles. The highest BCUT2D eigenvalue weighted by atomic mass is 16.6. The average Bonchev–Trinajstić information content (AvgIpc) is 3.01. The summed E-state index contributed by atoms with van der Waals surface area (Å²) in [6.07, 6.45) is 0.115. The van der Waals surface area contributed by atoms with Crippen molar-refractivity contribution in [3.8, 4) is 0 Å². The molecular formula is C27H41NO8. The zero-order valence-corrected chi connectivity index (χ0v) is 22.3. The van der Waals surface area contributed by atoms with Crippen molar-refractivity contribution in [2.45, 2.75) is 69.2 Å². The minimum Gasteiger partial charge on any atom is -0.462 e. The fraction of sp³-hybridized carbons (Fsp3) is 0.926. The van der Waals surface area contributed by atoms with Gasteiger partial charge in [-0.1, -0.05) is 6.92 Å². The molecule has 1 N–H and O–H groups in total. The molecule has 0 aromatic heterocycles. The van der Waals surface area contributed by atoms with Gasteiger partial charge in [-0.25, -0.2) is 0 Å². The van der Waals surface area contributed by atoms with Crippen molar-refractivity contribution in [1.29, 1.82) is 0 Å². The summed E-state index contributed by atoms with van der Waals surface area (Å²) < 4.78 is 30.3. The van der Waals surface area contributed by atoms with Crippen molar-refractivity contribution in [2.24, 2.45) is 40.4 Å². The third-order valence-electron chi connectivity index (χ3n) is 11.5. The van der Waals surface area contributed by atoms with Crippen LogP contribution in [-0.4, -0.2) is 106 Å². The van der Waals surface area contributed by atoms with Crippen LogP contribution in [0.2, 0.25) is 0 Å². The van der Waals surface area contributed by atoms with E-state index in [1.165, 1.54) is 6.92 Å². The minimum atomic E-state index is -1.08. The smallest absolute Gasteiger partial charge is 0.302 e. The number of piperidine rings is 1. The third-order valence-corrected chi connectivity index (χ3v) is 11.5. The maximum absolute atomic E-state index is 13.3. The van der Waals surface area contributed by atoms with Gasteiger partial charge in [0.15, 0.2) is 5.78 Å². The van der Waals surface area contributed by atoms with Gasteiger partial charge in [-0.05, 0) is 18.9 Å². The van der Waals surface area contributed by atoms with E-state index in [4.69, 9.17) is 23.7 Å². The molecular weight excluding hydrogens is 466 g/mol. The van der Waals surface area contributed by atoms with Crippen molar-refractivity contribution >= 4 is 11.8 Å². The SMILES string of the molecule is CCN1C[C@]2(COC)C(OC(C)=O)C[C@H](OC)[C@@]34[C@@H]5C[C@@H]6C(=O)[C@@H](OC)C[C@@](O)([C@@H]65)[C@@H]([C@H](OC)[C@H]23)[C@@H]14. The second-order valence-electron chi connectivity index (χ2n) is 12.2. The summed E-state index contributed by atoms with van der Waals surface area (Å²) in [5.41, 5.74) is -1.93. The van der Waals surface area contributed by atoms with Gasteiger partial charge in [0.05, 0.1) is 24.4 Å². The lowest BCUT2D eigenvalue weighted by molar-refractivity contribution is -0.325. The maximum atomic E-state index is 13.3. The van der Waals surface area contributed by atoms with Gasteiger partial charge in [0.2, 0.25) is 0 Å². The highest BCUT2D eigenvalue weighted by molar-refractivity contribution is 5.88. The fourth-order valence-corrected chi connectivity index (χ4v) is 10.9. The van der Waals surface area contributed by atoms with E-state index < -0.39 is 23.2 Å². The summed E-state index contributed by atoms with van der Waals surface area (Å²) in [6, 6.07) is 0.0311. The quantitative estimate of drug-likeness (QED) is 0.504. The molecule has 5 aliphatic carbocycles. The van der Waals surface area contributed by atoms with E-state index in [0.29, 0.717) is 26.0 Å². The molecule has 9 heteroatoms. The van der Waals surface area contributed by atoms with Crippen LogP contribution in [0.5, 0.6) is 0 Å². The Labute approximate surface area is 213 Å². The largest absolute Gasteiger partial charge is 0.462 e. The Balaban J connectivity index is 1.61. The van der Waals surface area contributed by atoms with Crippen LogP contribution in [0.4, 0.5) is 0 Å². The molecule has 5 saturated carbocycles. The number of carbonyl (C=O) groups is 2. The van der Waals surface area contributed by atoms with E-state index in [9.17, 15) is 14.7 Å². The molecule has 1 spiro atoms. The van der Waals surface area contributed by atoms with Gasteiger partial charge in [-0.2, -0.15) is 0 Å².